The molecule has 1 aliphatic heterocycles. The zero-order chi connectivity index (χ0) is 19.2. The summed E-state index contributed by atoms with van der Waals surface area (Å²) in [4.78, 5) is 4.99. The highest BCUT2D eigenvalue weighted by molar-refractivity contribution is 9.10. The van der Waals surface area contributed by atoms with E-state index in [0.29, 0.717) is 0 Å². The first-order chi connectivity index (χ1) is 13.1. The van der Waals surface area contributed by atoms with Gasteiger partial charge in [-0.1, -0.05) is 12.1 Å². The fourth-order valence-electron chi connectivity index (χ4n) is 3.41. The topological polar surface area (TPSA) is 34.2 Å². The summed E-state index contributed by atoms with van der Waals surface area (Å²) in [6.45, 7) is 6.15. The highest BCUT2D eigenvalue weighted by Crippen LogP contribution is 2.28. The Labute approximate surface area is 169 Å². The van der Waals surface area contributed by atoms with Gasteiger partial charge in [-0.25, -0.2) is 0 Å². The number of piperazine rings is 1. The van der Waals surface area contributed by atoms with Gasteiger partial charge in [0.25, 0.3) is 0 Å². The van der Waals surface area contributed by atoms with Crippen molar-refractivity contribution < 1.29 is 14.2 Å². The van der Waals surface area contributed by atoms with Crippen LogP contribution < -0.4 is 14.2 Å². The summed E-state index contributed by atoms with van der Waals surface area (Å²) < 4.78 is 17.0. The molecule has 0 amide bonds. The number of nitrogens with zero attached hydrogens (tertiary/aromatic N) is 2. The van der Waals surface area contributed by atoms with Gasteiger partial charge in [-0.2, -0.15) is 0 Å². The van der Waals surface area contributed by atoms with Crippen LogP contribution in [0.1, 0.15) is 11.1 Å². The Morgan fingerprint density at radius 3 is 1.67 bits per heavy atom. The summed E-state index contributed by atoms with van der Waals surface area (Å²) in [5, 5.41) is 0. The lowest BCUT2D eigenvalue weighted by Crippen LogP contribution is -2.45. The number of ether oxygens (including phenoxy) is 3. The monoisotopic (exact) mass is 434 g/mol. The molecule has 27 heavy (non-hydrogen) atoms. The maximum absolute atomic E-state index is 5.41. The molecule has 0 N–H and O–H groups in total. The van der Waals surface area contributed by atoms with Crippen LogP contribution in [0, 0.1) is 0 Å². The predicted octanol–water partition coefficient (Wildman–Crippen LogP) is 3.79. The van der Waals surface area contributed by atoms with Gasteiger partial charge in [0.15, 0.2) is 11.5 Å². The lowest BCUT2D eigenvalue weighted by atomic mass is 10.1. The smallest absolute Gasteiger partial charge is 0.161 e. The van der Waals surface area contributed by atoms with Gasteiger partial charge in [0, 0.05) is 39.3 Å². The van der Waals surface area contributed by atoms with E-state index in [-0.39, 0.29) is 0 Å². The van der Waals surface area contributed by atoms with Crippen molar-refractivity contribution in [2.45, 2.75) is 13.1 Å². The van der Waals surface area contributed by atoms with Crippen LogP contribution in [0.25, 0.3) is 0 Å². The van der Waals surface area contributed by atoms with E-state index in [0.717, 1.165) is 61.0 Å². The van der Waals surface area contributed by atoms with Crippen LogP contribution >= 0.6 is 15.9 Å². The van der Waals surface area contributed by atoms with Crippen LogP contribution in [-0.2, 0) is 13.1 Å². The van der Waals surface area contributed by atoms with E-state index in [2.05, 4.69) is 50.0 Å². The first-order valence-electron chi connectivity index (χ1n) is 9.11. The molecule has 2 aromatic carbocycles. The Hall–Kier alpha value is -1.76. The standard InChI is InChI=1S/C21H27BrN2O3/c1-25-19-6-4-16(12-18(19)22)14-23-8-10-24(11-9-23)15-17-5-7-20(26-2)21(13-17)27-3/h4-7,12-13H,8-11,14-15H2,1-3H3. The quantitative estimate of drug-likeness (QED) is 0.661. The molecule has 1 saturated heterocycles. The van der Waals surface area contributed by atoms with Crippen molar-refractivity contribution in [1.29, 1.82) is 0 Å². The van der Waals surface area contributed by atoms with E-state index < -0.39 is 0 Å². The molecule has 5 nitrogen and oxygen atoms in total. The van der Waals surface area contributed by atoms with Crippen LogP contribution in [0.5, 0.6) is 17.2 Å². The number of halogens is 1. The minimum atomic E-state index is 0.775. The normalized spacial score (nSPS) is 15.6. The lowest BCUT2D eigenvalue weighted by molar-refractivity contribution is 0.122. The maximum Gasteiger partial charge on any atom is 0.161 e. The maximum atomic E-state index is 5.41. The molecule has 6 heteroatoms. The summed E-state index contributed by atoms with van der Waals surface area (Å²) in [5.41, 5.74) is 2.55. The lowest BCUT2D eigenvalue weighted by Gasteiger charge is -2.34. The van der Waals surface area contributed by atoms with Gasteiger partial charge < -0.3 is 14.2 Å². The van der Waals surface area contributed by atoms with E-state index in [1.165, 1.54) is 11.1 Å². The van der Waals surface area contributed by atoms with Gasteiger partial charge in [0.05, 0.1) is 25.8 Å². The molecule has 3 rings (SSSR count). The fraction of sp³-hybridized carbons (Fsp3) is 0.429. The van der Waals surface area contributed by atoms with E-state index in [1.54, 1.807) is 21.3 Å². The molecule has 0 radical (unpaired) electrons. The van der Waals surface area contributed by atoms with E-state index in [1.807, 2.05) is 12.1 Å². The molecule has 1 fully saturated rings. The van der Waals surface area contributed by atoms with Crippen LogP contribution in [0.2, 0.25) is 0 Å². The second kappa shape index (κ2) is 9.44. The molecule has 0 aliphatic carbocycles. The van der Waals surface area contributed by atoms with Crippen molar-refractivity contribution >= 4 is 15.9 Å². The van der Waals surface area contributed by atoms with Crippen LogP contribution in [-0.4, -0.2) is 57.3 Å². The Morgan fingerprint density at radius 2 is 1.19 bits per heavy atom. The first kappa shape index (κ1) is 20.0. The largest absolute Gasteiger partial charge is 0.496 e. The Kier molecular flexibility index (Phi) is 6.99. The zero-order valence-electron chi connectivity index (χ0n) is 16.2. The zero-order valence-corrected chi connectivity index (χ0v) is 17.8. The summed E-state index contributed by atoms with van der Waals surface area (Å²) in [6.07, 6.45) is 0. The third-order valence-corrected chi connectivity index (χ3v) is 5.56. The van der Waals surface area contributed by atoms with Crippen LogP contribution in [0.3, 0.4) is 0 Å². The number of hydrogen-bond acceptors (Lipinski definition) is 5. The predicted molar refractivity (Wildman–Crippen MR) is 111 cm³/mol. The molecule has 0 bridgehead atoms. The fourth-order valence-corrected chi connectivity index (χ4v) is 4.00. The van der Waals surface area contributed by atoms with Crippen molar-refractivity contribution in [2.24, 2.45) is 0 Å². The number of rotatable bonds is 7. The third kappa shape index (κ3) is 5.15. The molecule has 146 valence electrons. The second-order valence-corrected chi connectivity index (χ2v) is 7.56. The van der Waals surface area contributed by atoms with E-state index in [9.17, 15) is 0 Å². The van der Waals surface area contributed by atoms with Gasteiger partial charge in [0.1, 0.15) is 5.75 Å². The number of benzene rings is 2. The van der Waals surface area contributed by atoms with Gasteiger partial charge >= 0.3 is 0 Å². The Morgan fingerprint density at radius 1 is 0.704 bits per heavy atom. The highest BCUT2D eigenvalue weighted by atomic mass is 79.9. The summed E-state index contributed by atoms with van der Waals surface area (Å²) in [7, 11) is 5.04. The molecule has 1 aliphatic rings. The summed E-state index contributed by atoms with van der Waals surface area (Å²) in [6, 6.07) is 12.5. The van der Waals surface area contributed by atoms with Crippen molar-refractivity contribution in [3.8, 4) is 17.2 Å². The molecule has 1 heterocycles. The Balaban J connectivity index is 1.52. The number of hydrogen-bond donors (Lipinski definition) is 0. The number of methoxy groups -OCH3 is 3. The van der Waals surface area contributed by atoms with Gasteiger partial charge in [-0.05, 0) is 51.3 Å². The molecule has 0 aromatic heterocycles. The molecular weight excluding hydrogens is 408 g/mol. The average molecular weight is 435 g/mol. The van der Waals surface area contributed by atoms with E-state index >= 15 is 0 Å². The molecule has 0 spiro atoms. The molecular formula is C21H27BrN2O3. The SMILES string of the molecule is COc1ccc(CN2CCN(Cc3ccc(OC)c(OC)c3)CC2)cc1Br. The molecule has 2 aromatic rings. The van der Waals surface area contributed by atoms with Gasteiger partial charge in [-0.3, -0.25) is 9.80 Å². The van der Waals surface area contributed by atoms with Crippen molar-refractivity contribution in [2.75, 3.05) is 47.5 Å². The first-order valence-corrected chi connectivity index (χ1v) is 9.90. The minimum absolute atomic E-state index is 0.775. The average Bonchev–Trinajstić information content (AvgIpc) is 2.69. The molecule has 0 atom stereocenters. The van der Waals surface area contributed by atoms with Crippen LogP contribution in [0.15, 0.2) is 40.9 Å². The molecule has 0 saturated carbocycles. The second-order valence-electron chi connectivity index (χ2n) is 6.71. The van der Waals surface area contributed by atoms with Crippen LogP contribution in [0.4, 0.5) is 0 Å². The minimum Gasteiger partial charge on any atom is -0.496 e. The van der Waals surface area contributed by atoms with Crippen molar-refractivity contribution in [3.05, 3.63) is 52.0 Å². The third-order valence-electron chi connectivity index (χ3n) is 4.94. The summed E-state index contributed by atoms with van der Waals surface area (Å²) >= 11 is 3.57. The highest BCUT2D eigenvalue weighted by Gasteiger charge is 2.18. The van der Waals surface area contributed by atoms with E-state index in [4.69, 9.17) is 14.2 Å². The molecule has 0 unspecified atom stereocenters. The van der Waals surface area contributed by atoms with Gasteiger partial charge in [-0.15, -0.1) is 0 Å². The summed E-state index contributed by atoms with van der Waals surface area (Å²) in [5.74, 6) is 2.44. The van der Waals surface area contributed by atoms with Crippen molar-refractivity contribution in [3.63, 3.8) is 0 Å². The Bertz CT molecular complexity index is 761. The van der Waals surface area contributed by atoms with Crippen molar-refractivity contribution in [1.82, 2.24) is 9.80 Å². The van der Waals surface area contributed by atoms with Gasteiger partial charge in [0.2, 0.25) is 0 Å².